The summed E-state index contributed by atoms with van der Waals surface area (Å²) in [5.41, 5.74) is 4.01. The van der Waals surface area contributed by atoms with Crippen LogP contribution in [0, 0.1) is 25.2 Å². The highest BCUT2D eigenvalue weighted by Crippen LogP contribution is 2.30. The molecule has 3 rings (SSSR count). The zero-order valence-electron chi connectivity index (χ0n) is 19.6. The molecule has 0 spiro atoms. The second-order valence-corrected chi connectivity index (χ2v) is 7.65. The molecule has 1 heterocycles. The van der Waals surface area contributed by atoms with Gasteiger partial charge in [0.15, 0.2) is 11.5 Å². The molecule has 1 amide bonds. The molecule has 2 aromatic carbocycles. The zero-order chi connectivity index (χ0) is 24.5. The van der Waals surface area contributed by atoms with E-state index in [4.69, 9.17) is 19.3 Å². The Morgan fingerprint density at radius 3 is 2.59 bits per heavy atom. The van der Waals surface area contributed by atoms with E-state index in [1.165, 1.54) is 6.08 Å². The Kier molecular flexibility index (Phi) is 8.25. The van der Waals surface area contributed by atoms with Gasteiger partial charge in [-0.1, -0.05) is 29.4 Å². The maximum atomic E-state index is 12.8. The van der Waals surface area contributed by atoms with Crippen molar-refractivity contribution in [3.05, 3.63) is 94.9 Å². The number of aromatic nitrogens is 1. The summed E-state index contributed by atoms with van der Waals surface area (Å²) >= 11 is 0. The van der Waals surface area contributed by atoms with Crippen molar-refractivity contribution < 1.29 is 18.8 Å². The van der Waals surface area contributed by atoms with Crippen molar-refractivity contribution >= 4 is 12.0 Å². The van der Waals surface area contributed by atoms with Crippen LogP contribution in [0.2, 0.25) is 0 Å². The van der Waals surface area contributed by atoms with Gasteiger partial charge in [0, 0.05) is 19.2 Å². The Labute approximate surface area is 199 Å². The van der Waals surface area contributed by atoms with Gasteiger partial charge >= 0.3 is 0 Å². The number of carbonyl (C=O) groups excluding carboxylic acids is 1. The fourth-order valence-electron chi connectivity index (χ4n) is 3.33. The van der Waals surface area contributed by atoms with E-state index in [1.54, 1.807) is 42.4 Å². The summed E-state index contributed by atoms with van der Waals surface area (Å²) in [6, 6.07) is 14.7. The zero-order valence-corrected chi connectivity index (χ0v) is 19.6. The number of nitrogens with zero attached hydrogens (tertiary/aromatic N) is 3. The maximum absolute atomic E-state index is 12.8. The highest BCUT2D eigenvalue weighted by molar-refractivity contribution is 5.92. The first-order valence-corrected chi connectivity index (χ1v) is 10.7. The summed E-state index contributed by atoms with van der Waals surface area (Å²) < 4.78 is 16.6. The van der Waals surface area contributed by atoms with Gasteiger partial charge in [0.25, 0.3) is 0 Å². The average Bonchev–Trinajstić information content (AvgIpc) is 3.18. The van der Waals surface area contributed by atoms with Gasteiger partial charge < -0.3 is 18.9 Å². The second-order valence-electron chi connectivity index (χ2n) is 7.65. The van der Waals surface area contributed by atoms with Crippen molar-refractivity contribution in [3.8, 4) is 17.6 Å². The van der Waals surface area contributed by atoms with Crippen LogP contribution in [0.1, 0.15) is 33.7 Å². The number of carbonyl (C=O) groups is 1. The highest BCUT2D eigenvalue weighted by atomic mass is 16.5. The third kappa shape index (κ3) is 6.14. The van der Waals surface area contributed by atoms with E-state index in [9.17, 15) is 4.79 Å². The van der Waals surface area contributed by atoms with E-state index in [0.717, 1.165) is 28.1 Å². The minimum absolute atomic E-state index is 0.151. The monoisotopic (exact) mass is 457 g/mol. The number of amides is 1. The molecule has 0 aliphatic rings. The van der Waals surface area contributed by atoms with Crippen molar-refractivity contribution in [2.45, 2.75) is 27.0 Å². The van der Waals surface area contributed by atoms with Gasteiger partial charge in [-0.15, -0.1) is 6.58 Å². The molecule has 0 atom stereocenters. The fraction of sp³-hybridized carbons (Fsp3) is 0.222. The Morgan fingerprint density at radius 2 is 1.97 bits per heavy atom. The topological polar surface area (TPSA) is 88.6 Å². The first kappa shape index (κ1) is 24.3. The molecule has 3 aromatic rings. The van der Waals surface area contributed by atoms with Crippen LogP contribution in [0.25, 0.3) is 6.08 Å². The van der Waals surface area contributed by atoms with Gasteiger partial charge in [-0.3, -0.25) is 4.79 Å². The second kappa shape index (κ2) is 11.5. The van der Waals surface area contributed by atoms with Crippen molar-refractivity contribution in [2.24, 2.45) is 0 Å². The lowest BCUT2D eigenvalue weighted by atomic mass is 10.1. The number of rotatable bonds is 10. The van der Waals surface area contributed by atoms with Gasteiger partial charge in [-0.25, -0.2) is 0 Å². The van der Waals surface area contributed by atoms with Gasteiger partial charge in [0.05, 0.1) is 30.0 Å². The van der Waals surface area contributed by atoms with Gasteiger partial charge in [0.1, 0.15) is 12.4 Å². The van der Waals surface area contributed by atoms with E-state index in [1.807, 2.05) is 38.1 Å². The molecule has 0 aliphatic heterocycles. The number of hydrogen-bond acceptors (Lipinski definition) is 6. The summed E-state index contributed by atoms with van der Waals surface area (Å²) in [4.78, 5) is 14.5. The molecule has 0 fully saturated rings. The lowest BCUT2D eigenvalue weighted by molar-refractivity contribution is -0.126. The van der Waals surface area contributed by atoms with Gasteiger partial charge in [-0.2, -0.15) is 5.26 Å². The molecule has 0 saturated carbocycles. The molecule has 0 saturated heterocycles. The largest absolute Gasteiger partial charge is 0.493 e. The minimum Gasteiger partial charge on any atom is -0.493 e. The van der Waals surface area contributed by atoms with Crippen LogP contribution in [0.5, 0.6) is 11.5 Å². The molecule has 7 nitrogen and oxygen atoms in total. The molecule has 1 aromatic heterocycles. The van der Waals surface area contributed by atoms with Crippen LogP contribution in [0.15, 0.2) is 65.7 Å². The molecular formula is C27H27N3O4. The standard InChI is InChI=1S/C27H27N3O4/c1-5-14-30(17-23-8-6-22(16-28)7-9-23)27(31)13-11-21-10-12-25(26(15-21)32-4)33-18-24-19(2)29-34-20(24)3/h5-13,15H,1,14,17-18H2,2-4H3/b13-11+. The maximum Gasteiger partial charge on any atom is 0.247 e. The molecule has 0 unspecified atom stereocenters. The van der Waals surface area contributed by atoms with Crippen LogP contribution in [0.4, 0.5) is 0 Å². The smallest absolute Gasteiger partial charge is 0.247 e. The number of aryl methyl sites for hydroxylation is 2. The molecule has 7 heteroatoms. The van der Waals surface area contributed by atoms with Gasteiger partial charge in [0.2, 0.25) is 5.91 Å². The van der Waals surface area contributed by atoms with E-state index in [-0.39, 0.29) is 5.91 Å². The number of nitriles is 1. The normalized spacial score (nSPS) is 10.6. The average molecular weight is 458 g/mol. The van der Waals surface area contributed by atoms with E-state index >= 15 is 0 Å². The molecule has 0 N–H and O–H groups in total. The van der Waals surface area contributed by atoms with E-state index in [0.29, 0.717) is 36.8 Å². The van der Waals surface area contributed by atoms with Crippen molar-refractivity contribution in [1.29, 1.82) is 5.26 Å². The molecule has 174 valence electrons. The lowest BCUT2D eigenvalue weighted by Crippen LogP contribution is -2.29. The highest BCUT2D eigenvalue weighted by Gasteiger charge is 2.13. The quantitative estimate of drug-likeness (QED) is 0.315. The summed E-state index contributed by atoms with van der Waals surface area (Å²) in [6.07, 6.45) is 4.94. The third-order valence-electron chi connectivity index (χ3n) is 5.28. The van der Waals surface area contributed by atoms with Crippen LogP contribution in [-0.4, -0.2) is 29.6 Å². The Hall–Kier alpha value is -4.31. The Bertz CT molecular complexity index is 1200. The molecule has 0 aliphatic carbocycles. The Morgan fingerprint density at radius 1 is 1.21 bits per heavy atom. The van der Waals surface area contributed by atoms with Crippen molar-refractivity contribution in [1.82, 2.24) is 10.1 Å². The van der Waals surface area contributed by atoms with E-state index in [2.05, 4.69) is 17.8 Å². The van der Waals surface area contributed by atoms with Crippen molar-refractivity contribution in [3.63, 3.8) is 0 Å². The number of benzene rings is 2. The number of methoxy groups -OCH3 is 1. The van der Waals surface area contributed by atoms with Crippen LogP contribution < -0.4 is 9.47 Å². The predicted molar refractivity (Wildman–Crippen MR) is 129 cm³/mol. The summed E-state index contributed by atoms with van der Waals surface area (Å²) in [5, 5.41) is 12.9. The Balaban J connectivity index is 1.69. The number of ether oxygens (including phenoxy) is 2. The predicted octanol–water partition coefficient (Wildman–Crippen LogP) is 4.98. The number of hydrogen-bond donors (Lipinski definition) is 0. The van der Waals surface area contributed by atoms with E-state index < -0.39 is 0 Å². The fourth-order valence-corrected chi connectivity index (χ4v) is 3.33. The summed E-state index contributed by atoms with van der Waals surface area (Å²) in [6.45, 7) is 8.60. The van der Waals surface area contributed by atoms with Crippen LogP contribution >= 0.6 is 0 Å². The first-order chi connectivity index (χ1) is 16.4. The molecule has 0 radical (unpaired) electrons. The van der Waals surface area contributed by atoms with Crippen LogP contribution in [0.3, 0.4) is 0 Å². The summed E-state index contributed by atoms with van der Waals surface area (Å²) in [5.74, 6) is 1.71. The van der Waals surface area contributed by atoms with Crippen molar-refractivity contribution in [2.75, 3.05) is 13.7 Å². The van der Waals surface area contributed by atoms with Gasteiger partial charge in [-0.05, 0) is 55.3 Å². The molecule has 34 heavy (non-hydrogen) atoms. The lowest BCUT2D eigenvalue weighted by Gasteiger charge is -2.19. The summed E-state index contributed by atoms with van der Waals surface area (Å²) in [7, 11) is 1.57. The SMILES string of the molecule is C=CCN(Cc1ccc(C#N)cc1)C(=O)/C=C/c1ccc(OCc2c(C)noc2C)c(OC)c1. The third-order valence-corrected chi connectivity index (χ3v) is 5.28. The molecular weight excluding hydrogens is 430 g/mol. The molecule has 0 bridgehead atoms. The minimum atomic E-state index is -0.151. The first-order valence-electron chi connectivity index (χ1n) is 10.7. The van der Waals surface area contributed by atoms with Crippen LogP contribution in [-0.2, 0) is 17.9 Å².